The molecule has 0 radical (unpaired) electrons. The highest BCUT2D eigenvalue weighted by atomic mass is 35.5. The minimum atomic E-state index is -0.519. The van der Waals surface area contributed by atoms with Crippen molar-refractivity contribution in [3.8, 4) is 0 Å². The predicted molar refractivity (Wildman–Crippen MR) is 81.1 cm³/mol. The molecule has 0 spiro atoms. The van der Waals surface area contributed by atoms with Crippen molar-refractivity contribution in [2.75, 3.05) is 0 Å². The Balaban J connectivity index is 2.50. The highest BCUT2D eigenvalue weighted by Gasteiger charge is 2.18. The summed E-state index contributed by atoms with van der Waals surface area (Å²) in [4.78, 5) is 12.4. The molecule has 0 aliphatic carbocycles. The van der Waals surface area contributed by atoms with Gasteiger partial charge in [-0.05, 0) is 34.5 Å². The Labute approximate surface area is 116 Å². The molecule has 19 heavy (non-hydrogen) atoms. The van der Waals surface area contributed by atoms with Crippen LogP contribution in [0.3, 0.4) is 0 Å². The second-order valence-electron chi connectivity index (χ2n) is 4.67. The Hall–Kier alpha value is -1.86. The summed E-state index contributed by atoms with van der Waals surface area (Å²) < 4.78 is 0. The van der Waals surface area contributed by atoms with Crippen molar-refractivity contribution < 1.29 is 4.79 Å². The van der Waals surface area contributed by atoms with E-state index in [1.54, 1.807) is 6.92 Å². The van der Waals surface area contributed by atoms with Gasteiger partial charge in [0.15, 0.2) is 5.78 Å². The molecule has 0 N–H and O–H groups in total. The minimum Gasteiger partial charge on any atom is -0.292 e. The summed E-state index contributed by atoms with van der Waals surface area (Å²) in [6, 6.07) is 18.0. The Morgan fingerprint density at radius 3 is 1.89 bits per heavy atom. The fourth-order valence-corrected chi connectivity index (χ4v) is 2.59. The number of carbonyl (C=O) groups is 1. The number of fused-ring (bicyclic) bond motifs is 2. The van der Waals surface area contributed by atoms with Gasteiger partial charge in [-0.3, -0.25) is 4.79 Å². The summed E-state index contributed by atoms with van der Waals surface area (Å²) in [5, 5.41) is 3.57. The quantitative estimate of drug-likeness (QED) is 0.371. The van der Waals surface area contributed by atoms with E-state index in [1.165, 1.54) is 0 Å². The van der Waals surface area contributed by atoms with Gasteiger partial charge >= 0.3 is 0 Å². The van der Waals surface area contributed by atoms with Crippen molar-refractivity contribution in [1.29, 1.82) is 0 Å². The van der Waals surface area contributed by atoms with Gasteiger partial charge in [-0.25, -0.2) is 0 Å². The normalized spacial score (nSPS) is 12.7. The summed E-state index contributed by atoms with van der Waals surface area (Å²) in [6.07, 6.45) is 0. The molecule has 94 valence electrons. The van der Waals surface area contributed by atoms with Gasteiger partial charge < -0.3 is 0 Å². The van der Waals surface area contributed by atoms with Crippen LogP contribution < -0.4 is 0 Å². The molecule has 0 bridgehead atoms. The monoisotopic (exact) mass is 268 g/mol. The van der Waals surface area contributed by atoms with E-state index >= 15 is 0 Å². The highest BCUT2D eigenvalue weighted by molar-refractivity contribution is 6.37. The zero-order valence-electron chi connectivity index (χ0n) is 10.6. The van der Waals surface area contributed by atoms with Gasteiger partial charge in [-0.15, -0.1) is 11.6 Å². The number of ketones is 1. The fraction of sp³-hybridized carbons (Fsp3) is 0.118. The molecule has 1 nitrogen and oxygen atoms in total. The molecular formula is C17H13ClO. The lowest BCUT2D eigenvalue weighted by Crippen LogP contribution is -2.11. The van der Waals surface area contributed by atoms with Gasteiger partial charge in [0.1, 0.15) is 0 Å². The second kappa shape index (κ2) is 4.67. The first kappa shape index (κ1) is 12.2. The van der Waals surface area contributed by atoms with Crippen LogP contribution in [0.2, 0.25) is 0 Å². The van der Waals surface area contributed by atoms with E-state index < -0.39 is 5.38 Å². The Morgan fingerprint density at radius 1 is 0.947 bits per heavy atom. The molecule has 2 heteroatoms. The van der Waals surface area contributed by atoms with Gasteiger partial charge in [0.05, 0.1) is 5.38 Å². The van der Waals surface area contributed by atoms with Crippen molar-refractivity contribution >= 4 is 38.9 Å². The van der Waals surface area contributed by atoms with E-state index in [2.05, 4.69) is 6.07 Å². The molecule has 0 aromatic heterocycles. The molecule has 1 atom stereocenters. The van der Waals surface area contributed by atoms with Crippen LogP contribution in [0.25, 0.3) is 21.5 Å². The third kappa shape index (κ3) is 2.00. The molecule has 3 aromatic rings. The van der Waals surface area contributed by atoms with Gasteiger partial charge in [0.2, 0.25) is 0 Å². The molecule has 0 amide bonds. The maximum absolute atomic E-state index is 12.4. The molecule has 0 heterocycles. The minimum absolute atomic E-state index is 0.0188. The van der Waals surface area contributed by atoms with Crippen molar-refractivity contribution in [2.45, 2.75) is 12.3 Å². The van der Waals surface area contributed by atoms with E-state index in [9.17, 15) is 4.79 Å². The van der Waals surface area contributed by atoms with Crippen LogP contribution in [0.15, 0.2) is 54.6 Å². The third-order valence-electron chi connectivity index (χ3n) is 3.38. The molecule has 0 aliphatic rings. The van der Waals surface area contributed by atoms with Gasteiger partial charge in [0.25, 0.3) is 0 Å². The van der Waals surface area contributed by atoms with Crippen LogP contribution >= 0.6 is 11.6 Å². The van der Waals surface area contributed by atoms with Crippen LogP contribution in [-0.4, -0.2) is 11.2 Å². The van der Waals surface area contributed by atoms with Gasteiger partial charge in [-0.1, -0.05) is 48.5 Å². The summed E-state index contributed by atoms with van der Waals surface area (Å²) in [5.41, 5.74) is 0.733. The predicted octanol–water partition coefficient (Wildman–Crippen LogP) is 4.80. The fourth-order valence-electron chi connectivity index (χ4n) is 2.48. The van der Waals surface area contributed by atoms with Crippen molar-refractivity contribution in [3.05, 3.63) is 60.2 Å². The SMILES string of the molecule is CC(Cl)C(=O)c1c2ccccc2cc2ccccc12. The Morgan fingerprint density at radius 2 is 1.42 bits per heavy atom. The van der Waals surface area contributed by atoms with Crippen LogP contribution in [0, 0.1) is 0 Å². The molecule has 3 aromatic carbocycles. The summed E-state index contributed by atoms with van der Waals surface area (Å²) in [7, 11) is 0. The molecule has 0 fully saturated rings. The van der Waals surface area contributed by atoms with E-state index in [0.717, 1.165) is 27.1 Å². The molecule has 0 saturated carbocycles. The molecular weight excluding hydrogens is 256 g/mol. The van der Waals surface area contributed by atoms with E-state index in [-0.39, 0.29) is 5.78 Å². The summed E-state index contributed by atoms with van der Waals surface area (Å²) in [6.45, 7) is 1.72. The molecule has 1 unspecified atom stereocenters. The Bertz CT molecular complexity index is 720. The summed E-state index contributed by atoms with van der Waals surface area (Å²) >= 11 is 6.01. The number of benzene rings is 3. The largest absolute Gasteiger partial charge is 0.292 e. The lowest BCUT2D eigenvalue weighted by atomic mass is 9.93. The van der Waals surface area contributed by atoms with E-state index in [0.29, 0.717) is 0 Å². The smallest absolute Gasteiger partial charge is 0.181 e. The van der Waals surface area contributed by atoms with Gasteiger partial charge in [0, 0.05) is 5.56 Å². The van der Waals surface area contributed by atoms with E-state index in [1.807, 2.05) is 48.5 Å². The van der Waals surface area contributed by atoms with Crippen molar-refractivity contribution in [1.82, 2.24) is 0 Å². The zero-order valence-corrected chi connectivity index (χ0v) is 11.3. The summed E-state index contributed by atoms with van der Waals surface area (Å²) in [5.74, 6) is -0.0188. The first-order chi connectivity index (χ1) is 9.18. The van der Waals surface area contributed by atoms with Crippen LogP contribution in [0.1, 0.15) is 17.3 Å². The van der Waals surface area contributed by atoms with Crippen LogP contribution in [0.4, 0.5) is 0 Å². The van der Waals surface area contributed by atoms with Crippen LogP contribution in [0.5, 0.6) is 0 Å². The lowest BCUT2D eigenvalue weighted by Gasteiger charge is -2.11. The number of alkyl halides is 1. The standard InChI is InChI=1S/C17H13ClO/c1-11(18)17(19)16-14-8-4-2-6-12(14)10-13-7-3-5-9-15(13)16/h2-11H,1H3. The maximum Gasteiger partial charge on any atom is 0.181 e. The average Bonchev–Trinajstić information content (AvgIpc) is 2.43. The number of rotatable bonds is 2. The first-order valence-corrected chi connectivity index (χ1v) is 6.71. The maximum atomic E-state index is 12.4. The van der Waals surface area contributed by atoms with Gasteiger partial charge in [-0.2, -0.15) is 0 Å². The lowest BCUT2D eigenvalue weighted by molar-refractivity contribution is 0.0995. The van der Waals surface area contributed by atoms with Crippen molar-refractivity contribution in [3.63, 3.8) is 0 Å². The van der Waals surface area contributed by atoms with Crippen molar-refractivity contribution in [2.24, 2.45) is 0 Å². The average molecular weight is 269 g/mol. The topological polar surface area (TPSA) is 17.1 Å². The third-order valence-corrected chi connectivity index (χ3v) is 3.58. The Kier molecular flexibility index (Phi) is 3.00. The number of hydrogen-bond donors (Lipinski definition) is 0. The molecule has 0 aliphatic heterocycles. The highest BCUT2D eigenvalue weighted by Crippen LogP contribution is 2.30. The van der Waals surface area contributed by atoms with Crippen LogP contribution in [-0.2, 0) is 0 Å². The first-order valence-electron chi connectivity index (χ1n) is 6.27. The number of carbonyl (C=O) groups excluding carboxylic acids is 1. The number of halogens is 1. The number of hydrogen-bond acceptors (Lipinski definition) is 1. The zero-order chi connectivity index (χ0) is 13.4. The molecule has 3 rings (SSSR count). The molecule has 0 saturated heterocycles. The van der Waals surface area contributed by atoms with E-state index in [4.69, 9.17) is 11.6 Å². The number of Topliss-reactive ketones (excluding diaryl/α,β-unsaturated/α-hetero) is 1. The second-order valence-corrected chi connectivity index (χ2v) is 5.33.